The normalized spacial score (nSPS) is 14.5. The highest BCUT2D eigenvalue weighted by Gasteiger charge is 2.34. The molecule has 27 heavy (non-hydrogen) atoms. The van der Waals surface area contributed by atoms with E-state index >= 15 is 0 Å². The molecule has 1 aliphatic rings. The van der Waals surface area contributed by atoms with Gasteiger partial charge in [0.05, 0.1) is 24.9 Å². The maximum absolute atomic E-state index is 12.3. The number of amides is 2. The Morgan fingerprint density at radius 3 is 2.93 bits per heavy atom. The number of fused-ring (bicyclic) bond motifs is 5. The lowest BCUT2D eigenvalue weighted by Gasteiger charge is -2.14. The Kier molecular flexibility index (Phi) is 3.91. The van der Waals surface area contributed by atoms with Crippen molar-refractivity contribution >= 4 is 23.3 Å². The molecule has 138 valence electrons. The summed E-state index contributed by atoms with van der Waals surface area (Å²) in [7, 11) is 2.86. The van der Waals surface area contributed by atoms with E-state index in [9.17, 15) is 14.4 Å². The molecule has 2 aromatic heterocycles. The fourth-order valence-electron chi connectivity index (χ4n) is 3.52. The number of benzene rings is 1. The first-order valence-corrected chi connectivity index (χ1v) is 8.32. The topological polar surface area (TPSA) is 118 Å². The predicted octanol–water partition coefficient (Wildman–Crippen LogP) is 1.45. The minimum absolute atomic E-state index is 0.0965. The smallest absolute Gasteiger partial charge is 0.318 e. The van der Waals surface area contributed by atoms with E-state index in [0.717, 1.165) is 16.8 Å². The van der Waals surface area contributed by atoms with Crippen LogP contribution in [0.15, 0.2) is 35.4 Å². The molecule has 0 saturated carbocycles. The van der Waals surface area contributed by atoms with Gasteiger partial charge in [-0.15, -0.1) is 0 Å². The number of aromatic nitrogens is 3. The number of hydrogen-bond donors (Lipinski definition) is 3. The number of methoxy groups -OCH3 is 1. The Balaban J connectivity index is 1.92. The van der Waals surface area contributed by atoms with Gasteiger partial charge in [-0.25, -0.2) is 9.78 Å². The third-order valence-corrected chi connectivity index (χ3v) is 4.71. The van der Waals surface area contributed by atoms with Crippen molar-refractivity contribution in [3.05, 3.63) is 52.2 Å². The number of imidazole rings is 1. The number of ether oxygens (including phenoxy) is 1. The lowest BCUT2D eigenvalue weighted by molar-refractivity contribution is -0.140. The Bertz CT molecular complexity index is 1130. The van der Waals surface area contributed by atoms with Crippen LogP contribution in [-0.2, 0) is 9.53 Å². The molecule has 0 bridgehead atoms. The first-order chi connectivity index (χ1) is 13.0. The van der Waals surface area contributed by atoms with Gasteiger partial charge in [0.2, 0.25) is 5.65 Å². The van der Waals surface area contributed by atoms with Crippen LogP contribution in [0.2, 0.25) is 0 Å². The molecular weight excluding hydrogens is 350 g/mol. The second-order valence-corrected chi connectivity index (χ2v) is 6.17. The molecule has 2 amide bonds. The van der Waals surface area contributed by atoms with E-state index in [2.05, 4.69) is 20.6 Å². The summed E-state index contributed by atoms with van der Waals surface area (Å²) in [4.78, 5) is 43.0. The van der Waals surface area contributed by atoms with Crippen molar-refractivity contribution in [3.8, 4) is 11.3 Å². The van der Waals surface area contributed by atoms with Crippen LogP contribution in [-0.4, -0.2) is 40.5 Å². The molecule has 0 aliphatic heterocycles. The van der Waals surface area contributed by atoms with Crippen LogP contribution in [0.25, 0.3) is 16.9 Å². The van der Waals surface area contributed by atoms with E-state index in [0.29, 0.717) is 11.4 Å². The van der Waals surface area contributed by atoms with E-state index in [4.69, 9.17) is 4.74 Å². The molecule has 0 unspecified atom stereocenters. The number of urea groups is 1. The molecule has 0 fully saturated rings. The number of hydrogen-bond acceptors (Lipinski definition) is 5. The molecule has 9 nitrogen and oxygen atoms in total. The van der Waals surface area contributed by atoms with Crippen LogP contribution >= 0.6 is 0 Å². The van der Waals surface area contributed by atoms with Crippen molar-refractivity contribution < 1.29 is 14.3 Å². The Labute approximate surface area is 153 Å². The van der Waals surface area contributed by atoms with Crippen LogP contribution in [0.3, 0.4) is 0 Å². The molecule has 1 atom stereocenters. The van der Waals surface area contributed by atoms with Crippen LogP contribution < -0.4 is 16.2 Å². The van der Waals surface area contributed by atoms with Crippen molar-refractivity contribution in [2.75, 3.05) is 19.5 Å². The van der Waals surface area contributed by atoms with Gasteiger partial charge in [-0.1, -0.05) is 6.07 Å². The van der Waals surface area contributed by atoms with Gasteiger partial charge >= 0.3 is 12.0 Å². The zero-order valence-corrected chi connectivity index (χ0v) is 14.7. The Morgan fingerprint density at radius 2 is 2.19 bits per heavy atom. The molecule has 0 spiro atoms. The summed E-state index contributed by atoms with van der Waals surface area (Å²) in [6.45, 7) is 0. The average Bonchev–Trinajstić information content (AvgIpc) is 3.26. The van der Waals surface area contributed by atoms with Crippen molar-refractivity contribution in [1.29, 1.82) is 0 Å². The molecule has 3 N–H and O–H groups in total. The first kappa shape index (κ1) is 16.8. The van der Waals surface area contributed by atoms with Crippen LogP contribution in [0.4, 0.5) is 10.5 Å². The highest BCUT2D eigenvalue weighted by Crippen LogP contribution is 2.46. The van der Waals surface area contributed by atoms with Crippen molar-refractivity contribution in [3.63, 3.8) is 0 Å². The predicted molar refractivity (Wildman–Crippen MR) is 97.8 cm³/mol. The van der Waals surface area contributed by atoms with E-state index in [1.165, 1.54) is 14.2 Å². The highest BCUT2D eigenvalue weighted by atomic mass is 16.5. The van der Waals surface area contributed by atoms with Gasteiger partial charge in [0.25, 0.3) is 5.56 Å². The van der Waals surface area contributed by atoms with Crippen LogP contribution in [0.1, 0.15) is 23.6 Å². The minimum Gasteiger partial charge on any atom is -0.469 e. The highest BCUT2D eigenvalue weighted by molar-refractivity contribution is 5.90. The number of rotatable bonds is 3. The standard InChI is InChI=1S/C18H17N5O4/c1-19-18(26)21-9-3-4-10-11(7-9)12(8-13(24)27-2)15-14(10)22-17(25)16-20-5-6-23(15)16/h3-7,12H,8H2,1-2H3,(H,22,25)(H2,19,21,26)/t12-/m1/s1. The maximum Gasteiger partial charge on any atom is 0.318 e. The molecule has 4 rings (SSSR count). The molecule has 1 aliphatic carbocycles. The van der Waals surface area contributed by atoms with Gasteiger partial charge in [-0.05, 0) is 17.7 Å². The molecule has 1 aromatic carbocycles. The zero-order valence-electron chi connectivity index (χ0n) is 14.7. The van der Waals surface area contributed by atoms with Gasteiger partial charge in [-0.3, -0.25) is 14.0 Å². The summed E-state index contributed by atoms with van der Waals surface area (Å²) in [6.07, 6.45) is 3.34. The van der Waals surface area contributed by atoms with Crippen molar-refractivity contribution in [2.24, 2.45) is 0 Å². The number of carbonyl (C=O) groups excluding carboxylic acids is 2. The van der Waals surface area contributed by atoms with Crippen LogP contribution in [0, 0.1) is 0 Å². The molecule has 0 saturated heterocycles. The summed E-state index contributed by atoms with van der Waals surface area (Å²) < 4.78 is 6.56. The summed E-state index contributed by atoms with van der Waals surface area (Å²) in [5.41, 5.74) is 3.56. The quantitative estimate of drug-likeness (QED) is 0.606. The molecule has 3 aromatic rings. The third-order valence-electron chi connectivity index (χ3n) is 4.71. The maximum atomic E-state index is 12.3. The van der Waals surface area contributed by atoms with E-state index in [1.54, 1.807) is 28.9 Å². The second kappa shape index (κ2) is 6.27. The lowest BCUT2D eigenvalue weighted by atomic mass is 9.96. The third kappa shape index (κ3) is 2.64. The summed E-state index contributed by atoms with van der Waals surface area (Å²) >= 11 is 0. The van der Waals surface area contributed by atoms with Crippen LogP contribution in [0.5, 0.6) is 0 Å². The summed E-state index contributed by atoms with van der Waals surface area (Å²) in [5.74, 6) is -0.717. The van der Waals surface area contributed by atoms with Gasteiger partial charge in [0.15, 0.2) is 0 Å². The molecule has 9 heteroatoms. The monoisotopic (exact) mass is 367 g/mol. The van der Waals surface area contributed by atoms with Crippen molar-refractivity contribution in [1.82, 2.24) is 19.7 Å². The number of esters is 1. The number of H-pyrrole nitrogens is 1. The SMILES string of the molecule is CNC(=O)Nc1ccc2c(c1)[C@@H](CC(=O)OC)c1c-2[nH]c(=O)c2nccn12. The second-order valence-electron chi connectivity index (χ2n) is 6.17. The fourth-order valence-corrected chi connectivity index (χ4v) is 3.52. The number of aromatic amines is 1. The first-order valence-electron chi connectivity index (χ1n) is 8.32. The number of carbonyl (C=O) groups is 2. The molecule has 0 radical (unpaired) electrons. The van der Waals surface area contributed by atoms with Gasteiger partial charge in [-0.2, -0.15) is 0 Å². The lowest BCUT2D eigenvalue weighted by Crippen LogP contribution is -2.24. The summed E-state index contributed by atoms with van der Waals surface area (Å²) in [5, 5.41) is 5.22. The number of nitrogens with one attached hydrogen (secondary N) is 3. The van der Waals surface area contributed by atoms with Gasteiger partial charge in [0, 0.05) is 36.6 Å². The number of nitrogens with zero attached hydrogens (tertiary/aromatic N) is 2. The largest absolute Gasteiger partial charge is 0.469 e. The van der Waals surface area contributed by atoms with Crippen molar-refractivity contribution in [2.45, 2.75) is 12.3 Å². The van der Waals surface area contributed by atoms with E-state index in [1.807, 2.05) is 6.07 Å². The number of anilines is 1. The Hall–Kier alpha value is -3.62. The molecular formula is C18H17N5O4. The molecule has 2 heterocycles. The van der Waals surface area contributed by atoms with Gasteiger partial charge in [0.1, 0.15) is 0 Å². The zero-order chi connectivity index (χ0) is 19.1. The average molecular weight is 367 g/mol. The summed E-state index contributed by atoms with van der Waals surface area (Å²) in [6, 6.07) is 5.02. The minimum atomic E-state index is -0.372. The van der Waals surface area contributed by atoms with E-state index < -0.39 is 0 Å². The van der Waals surface area contributed by atoms with Gasteiger partial charge < -0.3 is 20.4 Å². The fraction of sp³-hybridized carbons (Fsp3) is 0.222. The Morgan fingerprint density at radius 1 is 1.37 bits per heavy atom. The van der Waals surface area contributed by atoms with E-state index in [-0.39, 0.29) is 35.5 Å².